The van der Waals surface area contributed by atoms with Crippen LogP contribution >= 0.6 is 0 Å². The van der Waals surface area contributed by atoms with E-state index in [1.165, 1.54) is 4.90 Å². The Bertz CT molecular complexity index is 402. The van der Waals surface area contributed by atoms with E-state index in [-0.39, 0.29) is 0 Å². The highest BCUT2D eigenvalue weighted by atomic mass is 16.2. The van der Waals surface area contributed by atoms with Gasteiger partial charge in [-0.3, -0.25) is 9.59 Å². The largest absolute Gasteiger partial charge is 0.348 e. The zero-order chi connectivity index (χ0) is 13.5. The Morgan fingerprint density at radius 3 is 2.33 bits per heavy atom. The number of nitrogens with zero attached hydrogens (tertiary/aromatic N) is 1. The number of anilines is 1. The molecular formula is C14H20N2O2. The van der Waals surface area contributed by atoms with Crippen LogP contribution in [0, 0.1) is 5.92 Å². The summed E-state index contributed by atoms with van der Waals surface area (Å²) in [4.78, 5) is 25.2. The van der Waals surface area contributed by atoms with Crippen molar-refractivity contribution in [3.8, 4) is 0 Å². The first kappa shape index (κ1) is 14.2. The summed E-state index contributed by atoms with van der Waals surface area (Å²) in [7, 11) is 0. The van der Waals surface area contributed by atoms with E-state index in [0.717, 1.165) is 5.69 Å². The molecule has 0 aromatic heterocycles. The van der Waals surface area contributed by atoms with Gasteiger partial charge in [-0.2, -0.15) is 0 Å². The van der Waals surface area contributed by atoms with Crippen molar-refractivity contribution >= 4 is 17.5 Å². The molecule has 1 N–H and O–H groups in total. The van der Waals surface area contributed by atoms with Gasteiger partial charge < -0.3 is 10.2 Å². The first-order chi connectivity index (χ1) is 8.56. The van der Waals surface area contributed by atoms with Gasteiger partial charge in [0.2, 0.25) is 0 Å². The number of hydrogen-bond donors (Lipinski definition) is 1. The molecule has 0 aliphatic carbocycles. The molecule has 1 aromatic carbocycles. The van der Waals surface area contributed by atoms with Gasteiger partial charge >= 0.3 is 11.8 Å². The minimum Gasteiger partial charge on any atom is -0.348 e. The van der Waals surface area contributed by atoms with Crippen LogP contribution in [-0.2, 0) is 9.59 Å². The Morgan fingerprint density at radius 1 is 1.22 bits per heavy atom. The topological polar surface area (TPSA) is 49.4 Å². The van der Waals surface area contributed by atoms with Gasteiger partial charge in [0.05, 0.1) is 0 Å². The molecule has 0 heterocycles. The summed E-state index contributed by atoms with van der Waals surface area (Å²) < 4.78 is 0. The Kier molecular flexibility index (Phi) is 5.36. The average molecular weight is 248 g/mol. The molecule has 2 amide bonds. The van der Waals surface area contributed by atoms with Gasteiger partial charge in [0.1, 0.15) is 0 Å². The summed E-state index contributed by atoms with van der Waals surface area (Å²) in [5.74, 6) is -0.729. The summed E-state index contributed by atoms with van der Waals surface area (Å²) in [6.07, 6.45) is 0. The molecule has 18 heavy (non-hydrogen) atoms. The minimum absolute atomic E-state index is 0.327. The lowest BCUT2D eigenvalue weighted by molar-refractivity contribution is -0.137. The maximum atomic E-state index is 12.0. The van der Waals surface area contributed by atoms with Gasteiger partial charge in [0, 0.05) is 18.8 Å². The summed E-state index contributed by atoms with van der Waals surface area (Å²) in [5, 5.41) is 2.64. The van der Waals surface area contributed by atoms with E-state index in [2.05, 4.69) is 5.32 Å². The average Bonchev–Trinajstić information content (AvgIpc) is 2.38. The highest BCUT2D eigenvalue weighted by Crippen LogP contribution is 2.12. The zero-order valence-corrected chi connectivity index (χ0v) is 11.1. The number of likely N-dealkylation sites (N-methyl/N-ethyl adjacent to an activating group) is 1. The molecule has 0 spiro atoms. The molecule has 0 saturated heterocycles. The van der Waals surface area contributed by atoms with Crippen LogP contribution in [0.4, 0.5) is 5.69 Å². The standard InChI is InChI=1S/C14H20N2O2/c1-4-16(12-8-6-5-7-9-12)14(18)13(17)15-10-11(2)3/h5-9,11H,4,10H2,1-3H3,(H,15,17). The summed E-state index contributed by atoms with van der Waals surface area (Å²) in [5.41, 5.74) is 0.740. The van der Waals surface area contributed by atoms with Crippen molar-refractivity contribution < 1.29 is 9.59 Å². The number of carbonyl (C=O) groups excluding carboxylic acids is 2. The summed E-state index contributed by atoms with van der Waals surface area (Å²) in [6.45, 7) is 6.80. The summed E-state index contributed by atoms with van der Waals surface area (Å²) >= 11 is 0. The molecule has 0 fully saturated rings. The van der Waals surface area contributed by atoms with E-state index in [9.17, 15) is 9.59 Å². The number of nitrogens with one attached hydrogen (secondary N) is 1. The second-order valence-electron chi connectivity index (χ2n) is 4.49. The van der Waals surface area contributed by atoms with Gasteiger partial charge in [0.15, 0.2) is 0 Å². The molecule has 4 heteroatoms. The molecule has 0 aliphatic heterocycles. The van der Waals surface area contributed by atoms with E-state index >= 15 is 0 Å². The number of hydrogen-bond acceptors (Lipinski definition) is 2. The highest BCUT2D eigenvalue weighted by molar-refractivity contribution is 6.40. The Balaban J connectivity index is 2.71. The molecule has 0 unspecified atom stereocenters. The third-order valence-electron chi connectivity index (χ3n) is 2.49. The van der Waals surface area contributed by atoms with Crippen molar-refractivity contribution in [3.63, 3.8) is 0 Å². The van der Waals surface area contributed by atoms with Gasteiger partial charge in [-0.05, 0) is 25.0 Å². The number of amides is 2. The van der Waals surface area contributed by atoms with E-state index in [4.69, 9.17) is 0 Å². The van der Waals surface area contributed by atoms with E-state index in [0.29, 0.717) is 19.0 Å². The van der Waals surface area contributed by atoms with Crippen LogP contribution in [-0.4, -0.2) is 24.9 Å². The van der Waals surface area contributed by atoms with Crippen LogP contribution < -0.4 is 10.2 Å². The minimum atomic E-state index is -0.547. The molecule has 0 atom stereocenters. The van der Waals surface area contributed by atoms with Crippen LogP contribution in [0.25, 0.3) is 0 Å². The van der Waals surface area contributed by atoms with Gasteiger partial charge in [-0.25, -0.2) is 0 Å². The fourth-order valence-corrected chi connectivity index (χ4v) is 1.55. The lowest BCUT2D eigenvalue weighted by Crippen LogP contribution is -2.44. The molecule has 0 bridgehead atoms. The monoisotopic (exact) mass is 248 g/mol. The first-order valence-electron chi connectivity index (χ1n) is 6.21. The third kappa shape index (κ3) is 3.87. The van der Waals surface area contributed by atoms with Gasteiger partial charge in [-0.1, -0.05) is 32.0 Å². The normalized spacial score (nSPS) is 10.2. The lowest BCUT2D eigenvalue weighted by atomic mass is 10.2. The second kappa shape index (κ2) is 6.79. The number of para-hydroxylation sites is 1. The second-order valence-corrected chi connectivity index (χ2v) is 4.49. The van der Waals surface area contributed by atoms with E-state index < -0.39 is 11.8 Å². The highest BCUT2D eigenvalue weighted by Gasteiger charge is 2.21. The zero-order valence-electron chi connectivity index (χ0n) is 11.1. The van der Waals surface area contributed by atoms with Crippen LogP contribution in [0.15, 0.2) is 30.3 Å². The van der Waals surface area contributed by atoms with E-state index in [1.807, 2.05) is 51.1 Å². The molecule has 0 saturated carbocycles. The predicted molar refractivity (Wildman–Crippen MR) is 72.3 cm³/mol. The van der Waals surface area contributed by atoms with Crippen LogP contribution in [0.5, 0.6) is 0 Å². The quantitative estimate of drug-likeness (QED) is 0.826. The molecule has 4 nitrogen and oxygen atoms in total. The molecule has 1 aromatic rings. The summed E-state index contributed by atoms with van der Waals surface area (Å²) in [6, 6.07) is 9.20. The molecule has 0 aliphatic rings. The maximum Gasteiger partial charge on any atom is 0.316 e. The van der Waals surface area contributed by atoms with Crippen molar-refractivity contribution in [2.75, 3.05) is 18.0 Å². The number of benzene rings is 1. The van der Waals surface area contributed by atoms with Crippen molar-refractivity contribution in [1.29, 1.82) is 0 Å². The fraction of sp³-hybridized carbons (Fsp3) is 0.429. The van der Waals surface area contributed by atoms with Crippen molar-refractivity contribution in [2.24, 2.45) is 5.92 Å². The van der Waals surface area contributed by atoms with Crippen molar-refractivity contribution in [3.05, 3.63) is 30.3 Å². The Hall–Kier alpha value is -1.84. The fourth-order valence-electron chi connectivity index (χ4n) is 1.55. The first-order valence-corrected chi connectivity index (χ1v) is 6.21. The number of carbonyl (C=O) groups is 2. The third-order valence-corrected chi connectivity index (χ3v) is 2.49. The molecular weight excluding hydrogens is 228 g/mol. The SMILES string of the molecule is CCN(C(=O)C(=O)NCC(C)C)c1ccccc1. The lowest BCUT2D eigenvalue weighted by Gasteiger charge is -2.20. The van der Waals surface area contributed by atoms with Gasteiger partial charge in [-0.15, -0.1) is 0 Å². The van der Waals surface area contributed by atoms with Crippen LogP contribution in [0.1, 0.15) is 20.8 Å². The molecule has 0 radical (unpaired) electrons. The Labute approximate surface area is 108 Å². The van der Waals surface area contributed by atoms with Crippen LogP contribution in [0.2, 0.25) is 0 Å². The van der Waals surface area contributed by atoms with Gasteiger partial charge in [0.25, 0.3) is 0 Å². The van der Waals surface area contributed by atoms with Crippen molar-refractivity contribution in [1.82, 2.24) is 5.32 Å². The van der Waals surface area contributed by atoms with Crippen molar-refractivity contribution in [2.45, 2.75) is 20.8 Å². The predicted octanol–water partition coefficient (Wildman–Crippen LogP) is 1.81. The molecule has 98 valence electrons. The van der Waals surface area contributed by atoms with E-state index in [1.54, 1.807) is 0 Å². The smallest absolute Gasteiger partial charge is 0.316 e. The van der Waals surface area contributed by atoms with Crippen LogP contribution in [0.3, 0.4) is 0 Å². The Morgan fingerprint density at radius 2 is 1.83 bits per heavy atom. The molecule has 1 rings (SSSR count). The number of rotatable bonds is 4. The maximum absolute atomic E-state index is 12.0.